The third-order valence-electron chi connectivity index (χ3n) is 2.32. The van der Waals surface area contributed by atoms with Gasteiger partial charge in [0.25, 0.3) is 5.91 Å². The van der Waals surface area contributed by atoms with Gasteiger partial charge in [-0.1, -0.05) is 34.2 Å². The van der Waals surface area contributed by atoms with E-state index in [-0.39, 0.29) is 12.5 Å². The summed E-state index contributed by atoms with van der Waals surface area (Å²) in [6.07, 6.45) is 6.30. The number of aryl methyl sites for hydroxylation is 1. The molecule has 0 atom stereocenters. The molecule has 1 aromatic rings. The molecule has 5 heteroatoms. The van der Waals surface area contributed by atoms with Crippen molar-refractivity contribution in [3.63, 3.8) is 0 Å². The van der Waals surface area contributed by atoms with Gasteiger partial charge in [0.15, 0.2) is 6.61 Å². The van der Waals surface area contributed by atoms with E-state index in [1.54, 1.807) is 24.3 Å². The van der Waals surface area contributed by atoms with E-state index in [1.165, 1.54) is 6.08 Å². The van der Waals surface area contributed by atoms with Gasteiger partial charge in [-0.05, 0) is 37.6 Å². The highest BCUT2D eigenvalue weighted by atomic mass is 79.9. The third-order valence-corrected chi connectivity index (χ3v) is 3.21. The number of carbonyl (C=O) groups excluding carboxylic acids is 2. The first-order valence-corrected chi connectivity index (χ1v) is 6.84. The zero-order chi connectivity index (χ0) is 15.0. The molecule has 0 aliphatic rings. The fraction of sp³-hybridized carbons (Fsp3) is 0.200. The van der Waals surface area contributed by atoms with Crippen LogP contribution in [0.1, 0.15) is 12.5 Å². The Bertz CT molecular complexity index is 550. The Kier molecular flexibility index (Phi) is 6.73. The van der Waals surface area contributed by atoms with E-state index in [1.807, 2.05) is 26.0 Å². The van der Waals surface area contributed by atoms with Crippen molar-refractivity contribution in [3.05, 3.63) is 52.5 Å². The molecule has 0 fully saturated rings. The lowest BCUT2D eigenvalue weighted by Crippen LogP contribution is -2.20. The maximum atomic E-state index is 11.6. The van der Waals surface area contributed by atoms with Crippen molar-refractivity contribution < 1.29 is 14.3 Å². The van der Waals surface area contributed by atoms with Gasteiger partial charge in [0.05, 0.1) is 0 Å². The minimum atomic E-state index is -0.551. The largest absolute Gasteiger partial charge is 0.452 e. The lowest BCUT2D eigenvalue weighted by molar-refractivity contribution is -0.142. The predicted octanol–water partition coefficient (Wildman–Crippen LogP) is 3.37. The number of benzene rings is 1. The summed E-state index contributed by atoms with van der Waals surface area (Å²) in [6.45, 7) is 3.45. The molecule has 0 aliphatic carbocycles. The summed E-state index contributed by atoms with van der Waals surface area (Å²) in [4.78, 5) is 22.8. The topological polar surface area (TPSA) is 55.4 Å². The van der Waals surface area contributed by atoms with Crippen LogP contribution < -0.4 is 5.32 Å². The number of nitrogens with one attached hydrogen (secondary N) is 1. The Labute approximate surface area is 126 Å². The van der Waals surface area contributed by atoms with Crippen molar-refractivity contribution in [1.29, 1.82) is 0 Å². The Morgan fingerprint density at radius 2 is 2.10 bits per heavy atom. The van der Waals surface area contributed by atoms with Gasteiger partial charge in [-0.3, -0.25) is 4.79 Å². The van der Waals surface area contributed by atoms with Gasteiger partial charge in [-0.25, -0.2) is 4.79 Å². The van der Waals surface area contributed by atoms with Gasteiger partial charge in [0.2, 0.25) is 0 Å². The Hall–Kier alpha value is -1.88. The molecule has 1 amide bonds. The third kappa shape index (κ3) is 5.84. The van der Waals surface area contributed by atoms with Crippen LogP contribution in [-0.4, -0.2) is 18.5 Å². The fourth-order valence-corrected chi connectivity index (χ4v) is 1.60. The van der Waals surface area contributed by atoms with Crippen molar-refractivity contribution >= 4 is 33.5 Å². The summed E-state index contributed by atoms with van der Waals surface area (Å²) in [5.41, 5.74) is 1.67. The smallest absolute Gasteiger partial charge is 0.331 e. The van der Waals surface area contributed by atoms with E-state index in [2.05, 4.69) is 21.2 Å². The first-order chi connectivity index (χ1) is 9.52. The summed E-state index contributed by atoms with van der Waals surface area (Å²) < 4.78 is 5.76. The first-order valence-electron chi connectivity index (χ1n) is 6.05. The van der Waals surface area contributed by atoms with Gasteiger partial charge < -0.3 is 10.1 Å². The second kappa shape index (κ2) is 8.32. The molecule has 0 aromatic heterocycles. The Balaban J connectivity index is 2.44. The molecule has 0 aliphatic heterocycles. The van der Waals surface area contributed by atoms with Crippen LogP contribution in [0.4, 0.5) is 5.69 Å². The van der Waals surface area contributed by atoms with Crippen molar-refractivity contribution in [2.45, 2.75) is 13.8 Å². The predicted molar refractivity (Wildman–Crippen MR) is 82.4 cm³/mol. The van der Waals surface area contributed by atoms with Crippen LogP contribution in [0.15, 0.2) is 47.0 Å². The molecule has 0 radical (unpaired) electrons. The maximum Gasteiger partial charge on any atom is 0.331 e. The van der Waals surface area contributed by atoms with E-state index in [0.29, 0.717) is 5.69 Å². The van der Waals surface area contributed by atoms with E-state index in [9.17, 15) is 9.59 Å². The zero-order valence-corrected chi connectivity index (χ0v) is 12.9. The number of hydrogen-bond acceptors (Lipinski definition) is 3. The van der Waals surface area contributed by atoms with Crippen LogP contribution in [-0.2, 0) is 14.3 Å². The molecule has 0 spiro atoms. The van der Waals surface area contributed by atoms with Gasteiger partial charge in [0.1, 0.15) is 0 Å². The molecule has 20 heavy (non-hydrogen) atoms. The number of hydrogen-bond donors (Lipinski definition) is 1. The molecule has 0 saturated heterocycles. The number of rotatable bonds is 5. The Morgan fingerprint density at radius 1 is 1.35 bits per heavy atom. The lowest BCUT2D eigenvalue weighted by atomic mass is 10.2. The number of allylic oxidation sites excluding steroid dienone is 3. The van der Waals surface area contributed by atoms with Crippen LogP contribution in [0.5, 0.6) is 0 Å². The summed E-state index contributed by atoms with van der Waals surface area (Å²) in [7, 11) is 0. The normalized spacial score (nSPS) is 10.9. The van der Waals surface area contributed by atoms with Crippen molar-refractivity contribution in [1.82, 2.24) is 0 Å². The number of halogens is 1. The quantitative estimate of drug-likeness (QED) is 0.509. The fourth-order valence-electron chi connectivity index (χ4n) is 1.35. The number of anilines is 1. The zero-order valence-electron chi connectivity index (χ0n) is 11.4. The number of ether oxygens (including phenoxy) is 1. The molecular weight excluding hydrogens is 322 g/mol. The van der Waals surface area contributed by atoms with Crippen molar-refractivity contribution in [2.24, 2.45) is 0 Å². The molecular formula is C15H16BrNO3. The summed E-state index contributed by atoms with van der Waals surface area (Å²) in [6, 6.07) is 5.44. The number of amides is 1. The summed E-state index contributed by atoms with van der Waals surface area (Å²) in [5, 5.41) is 2.66. The first kappa shape index (κ1) is 16.2. The average Bonchev–Trinajstić information content (AvgIpc) is 2.41. The van der Waals surface area contributed by atoms with Gasteiger partial charge in [-0.2, -0.15) is 0 Å². The van der Waals surface area contributed by atoms with Crippen molar-refractivity contribution in [2.75, 3.05) is 11.9 Å². The molecule has 1 N–H and O–H groups in total. The minimum Gasteiger partial charge on any atom is -0.452 e. The van der Waals surface area contributed by atoms with Gasteiger partial charge in [0, 0.05) is 16.2 Å². The van der Waals surface area contributed by atoms with Crippen molar-refractivity contribution in [3.8, 4) is 0 Å². The molecule has 0 saturated carbocycles. The van der Waals surface area contributed by atoms with Crippen LogP contribution in [0.25, 0.3) is 0 Å². The maximum absolute atomic E-state index is 11.6. The van der Waals surface area contributed by atoms with Crippen LogP contribution in [0.3, 0.4) is 0 Å². The van der Waals surface area contributed by atoms with E-state index in [4.69, 9.17) is 4.74 Å². The highest BCUT2D eigenvalue weighted by Gasteiger charge is 2.06. The van der Waals surface area contributed by atoms with Crippen LogP contribution >= 0.6 is 15.9 Å². The highest BCUT2D eigenvalue weighted by Crippen LogP contribution is 2.19. The Morgan fingerprint density at radius 3 is 2.75 bits per heavy atom. The summed E-state index contributed by atoms with van der Waals surface area (Å²) in [5.74, 6) is -0.926. The lowest BCUT2D eigenvalue weighted by Gasteiger charge is -2.07. The molecule has 0 unspecified atom stereocenters. The number of esters is 1. The molecule has 4 nitrogen and oxygen atoms in total. The standard InChI is InChI=1S/C15H16BrNO3/c1-3-4-5-6-15(19)20-10-14(18)17-12-7-8-13(16)11(2)9-12/h3-9H,10H2,1-2H3,(H,17,18)/b4-3+,6-5+. The average molecular weight is 338 g/mol. The molecule has 1 rings (SSSR count). The summed E-state index contributed by atoms with van der Waals surface area (Å²) >= 11 is 3.38. The van der Waals surface area contributed by atoms with Crippen LogP contribution in [0.2, 0.25) is 0 Å². The minimum absolute atomic E-state index is 0.311. The second-order valence-corrected chi connectivity index (χ2v) is 4.86. The highest BCUT2D eigenvalue weighted by molar-refractivity contribution is 9.10. The monoisotopic (exact) mass is 337 g/mol. The SMILES string of the molecule is C/C=C/C=C/C(=O)OCC(=O)Nc1ccc(Br)c(C)c1. The van der Waals surface area contributed by atoms with E-state index >= 15 is 0 Å². The molecule has 0 bridgehead atoms. The van der Waals surface area contributed by atoms with E-state index in [0.717, 1.165) is 10.0 Å². The number of carbonyl (C=O) groups is 2. The van der Waals surface area contributed by atoms with Gasteiger partial charge >= 0.3 is 5.97 Å². The van der Waals surface area contributed by atoms with E-state index < -0.39 is 5.97 Å². The molecule has 106 valence electrons. The molecule has 0 heterocycles. The molecule has 1 aromatic carbocycles. The van der Waals surface area contributed by atoms with Crippen LogP contribution in [0, 0.1) is 6.92 Å². The second-order valence-electron chi connectivity index (χ2n) is 4.00. The van der Waals surface area contributed by atoms with Gasteiger partial charge in [-0.15, -0.1) is 0 Å².